The van der Waals surface area contributed by atoms with Crippen LogP contribution in [0.2, 0.25) is 0 Å². The van der Waals surface area contributed by atoms with E-state index in [1.54, 1.807) is 0 Å². The zero-order valence-electron chi connectivity index (χ0n) is 19.1. The number of carbonyl (C=O) groups is 1. The van der Waals surface area contributed by atoms with Gasteiger partial charge in [0.25, 0.3) is 0 Å². The van der Waals surface area contributed by atoms with Gasteiger partial charge in [0.2, 0.25) is 5.91 Å². The van der Waals surface area contributed by atoms with E-state index in [9.17, 15) is 4.79 Å². The Morgan fingerprint density at radius 1 is 0.885 bits per heavy atom. The van der Waals surface area contributed by atoms with E-state index in [0.29, 0.717) is 37.2 Å². The summed E-state index contributed by atoms with van der Waals surface area (Å²) in [4.78, 5) is 12.0. The second-order valence-corrected chi connectivity index (χ2v) is 10.8. The van der Waals surface area contributed by atoms with E-state index < -0.39 is 8.45 Å². The van der Waals surface area contributed by atoms with Crippen molar-refractivity contribution in [2.24, 2.45) is 0 Å². The van der Waals surface area contributed by atoms with Crippen molar-refractivity contribution in [1.82, 2.24) is 14.7 Å². The van der Waals surface area contributed by atoms with Gasteiger partial charge in [-0.25, -0.2) is 9.34 Å². The molecule has 0 fully saturated rings. The fraction of sp³-hybridized carbons (Fsp3) is 0.950. The number of hydrogen-bond donors (Lipinski definition) is 1. The molecule has 0 spiro atoms. The van der Waals surface area contributed by atoms with Gasteiger partial charge in [0, 0.05) is 36.1 Å². The van der Waals surface area contributed by atoms with Crippen LogP contribution in [0.25, 0.3) is 0 Å². The Labute approximate surface area is 164 Å². The lowest BCUT2D eigenvalue weighted by Crippen LogP contribution is -2.43. The molecule has 0 aliphatic heterocycles. The molecule has 1 N–H and O–H groups in total. The monoisotopic (exact) mass is 389 g/mol. The molecule has 0 saturated heterocycles. The summed E-state index contributed by atoms with van der Waals surface area (Å²) in [7, 11) is -0.868. The first-order chi connectivity index (χ1) is 11.8. The molecular weight excluding hydrogens is 345 g/mol. The zero-order chi connectivity index (χ0) is 20.7. The zero-order valence-corrected chi connectivity index (χ0v) is 20.0. The normalized spacial score (nSPS) is 13.3. The average Bonchev–Trinajstić information content (AvgIpc) is 2.39. The van der Waals surface area contributed by atoms with Gasteiger partial charge in [0.05, 0.1) is 6.61 Å². The minimum atomic E-state index is -0.868. The first-order valence-corrected chi connectivity index (χ1v) is 11.2. The molecule has 26 heavy (non-hydrogen) atoms. The van der Waals surface area contributed by atoms with Crippen LogP contribution >= 0.6 is 8.45 Å². The van der Waals surface area contributed by atoms with Crippen molar-refractivity contribution in [3.63, 3.8) is 0 Å². The minimum Gasteiger partial charge on any atom is -0.352 e. The van der Waals surface area contributed by atoms with Crippen LogP contribution in [0.4, 0.5) is 0 Å². The van der Waals surface area contributed by atoms with E-state index in [0.717, 1.165) is 6.42 Å². The highest BCUT2D eigenvalue weighted by molar-refractivity contribution is 7.47. The van der Waals surface area contributed by atoms with Gasteiger partial charge < -0.3 is 9.84 Å². The van der Waals surface area contributed by atoms with Gasteiger partial charge in [-0.1, -0.05) is 0 Å². The molecule has 0 unspecified atom stereocenters. The van der Waals surface area contributed by atoms with Gasteiger partial charge in [-0.15, -0.1) is 0 Å². The summed E-state index contributed by atoms with van der Waals surface area (Å²) in [6, 6.07) is 1.63. The van der Waals surface area contributed by atoms with Crippen molar-refractivity contribution < 1.29 is 9.32 Å². The lowest BCUT2D eigenvalue weighted by molar-refractivity contribution is -0.122. The third-order valence-corrected chi connectivity index (χ3v) is 6.83. The predicted octanol–water partition coefficient (Wildman–Crippen LogP) is 5.16. The molecule has 6 heteroatoms. The Balaban J connectivity index is 5.00. The largest absolute Gasteiger partial charge is 0.352 e. The lowest BCUT2D eigenvalue weighted by atomic mass is 10.1. The molecule has 5 nitrogen and oxygen atoms in total. The second kappa shape index (κ2) is 11.6. The molecule has 0 rings (SSSR count). The second-order valence-electron chi connectivity index (χ2n) is 9.12. The average molecular weight is 390 g/mol. The number of carbonyl (C=O) groups excluding carboxylic acids is 1. The molecule has 0 heterocycles. The Morgan fingerprint density at radius 3 is 1.58 bits per heavy atom. The van der Waals surface area contributed by atoms with E-state index in [4.69, 9.17) is 4.52 Å². The van der Waals surface area contributed by atoms with Gasteiger partial charge in [0.15, 0.2) is 8.45 Å². The van der Waals surface area contributed by atoms with E-state index in [1.807, 2.05) is 20.8 Å². The molecule has 0 aromatic rings. The van der Waals surface area contributed by atoms with Crippen LogP contribution in [0, 0.1) is 0 Å². The Morgan fingerprint density at radius 2 is 1.27 bits per heavy atom. The maximum atomic E-state index is 12.0. The quantitative estimate of drug-likeness (QED) is 0.391. The third kappa shape index (κ3) is 9.64. The highest BCUT2D eigenvalue weighted by atomic mass is 31.2. The maximum Gasteiger partial charge on any atom is 0.220 e. The molecule has 0 aliphatic carbocycles. The van der Waals surface area contributed by atoms with Crippen molar-refractivity contribution in [1.29, 1.82) is 0 Å². The molecule has 0 bridgehead atoms. The lowest BCUT2D eigenvalue weighted by Gasteiger charge is -2.45. The van der Waals surface area contributed by atoms with Crippen LogP contribution in [-0.4, -0.2) is 51.6 Å². The minimum absolute atomic E-state index is 0.0968. The number of hydrogen-bond acceptors (Lipinski definition) is 4. The number of rotatable bonds is 11. The summed E-state index contributed by atoms with van der Waals surface area (Å²) in [6.07, 6.45) is 1.25. The van der Waals surface area contributed by atoms with Crippen LogP contribution in [0.15, 0.2) is 0 Å². The van der Waals surface area contributed by atoms with Gasteiger partial charge in [-0.05, 0) is 82.6 Å². The third-order valence-electron chi connectivity index (χ3n) is 3.78. The molecule has 0 radical (unpaired) electrons. The Hall–Kier alpha value is -0.220. The van der Waals surface area contributed by atoms with E-state index >= 15 is 0 Å². The summed E-state index contributed by atoms with van der Waals surface area (Å²) in [5, 5.41) is 3.02. The number of amides is 1. The van der Waals surface area contributed by atoms with E-state index in [1.165, 1.54) is 0 Å². The molecule has 0 aromatic heterocycles. The Bertz CT molecular complexity index is 370. The van der Waals surface area contributed by atoms with Crippen molar-refractivity contribution in [2.75, 3.05) is 6.61 Å². The van der Waals surface area contributed by atoms with Crippen LogP contribution in [0.5, 0.6) is 0 Å². The van der Waals surface area contributed by atoms with Crippen LogP contribution in [0.3, 0.4) is 0 Å². The molecule has 156 valence electrons. The standard InChI is InChI=1S/C20H44N3O2P/c1-15(2)22(16(3)4)26(23(17(5)6)18(7)8)25-14-12-13-19(24)21-20(9,10)11/h15-18H,12-14H2,1-11H3,(H,21,24). The molecular formula is C20H44N3O2P. The summed E-state index contributed by atoms with van der Waals surface area (Å²) in [6.45, 7) is 24.5. The van der Waals surface area contributed by atoms with E-state index in [-0.39, 0.29) is 11.4 Å². The topological polar surface area (TPSA) is 44.8 Å². The van der Waals surface area contributed by atoms with Gasteiger partial charge >= 0.3 is 0 Å². The fourth-order valence-electron chi connectivity index (χ4n) is 3.10. The molecule has 0 atom stereocenters. The molecule has 0 saturated carbocycles. The smallest absolute Gasteiger partial charge is 0.220 e. The first-order valence-electron chi connectivity index (χ1n) is 10.1. The van der Waals surface area contributed by atoms with Crippen molar-refractivity contribution >= 4 is 14.4 Å². The van der Waals surface area contributed by atoms with E-state index in [2.05, 4.69) is 70.0 Å². The van der Waals surface area contributed by atoms with Crippen molar-refractivity contribution in [3.05, 3.63) is 0 Å². The fourth-order valence-corrected chi connectivity index (χ4v) is 5.47. The van der Waals surface area contributed by atoms with Gasteiger partial charge in [0.1, 0.15) is 0 Å². The van der Waals surface area contributed by atoms with Gasteiger partial charge in [-0.2, -0.15) is 0 Å². The van der Waals surface area contributed by atoms with Crippen LogP contribution in [0.1, 0.15) is 89.0 Å². The van der Waals surface area contributed by atoms with Gasteiger partial charge in [-0.3, -0.25) is 4.79 Å². The van der Waals surface area contributed by atoms with Crippen LogP contribution in [-0.2, 0) is 9.32 Å². The van der Waals surface area contributed by atoms with Crippen molar-refractivity contribution in [2.45, 2.75) is 119 Å². The number of nitrogens with one attached hydrogen (secondary N) is 1. The summed E-state index contributed by atoms with van der Waals surface area (Å²) >= 11 is 0. The molecule has 0 aromatic carbocycles. The Kier molecular flexibility index (Phi) is 11.5. The SMILES string of the molecule is CC(C)N(C(C)C)P(OCCCC(=O)NC(C)(C)C)N(C(C)C)C(C)C. The maximum absolute atomic E-state index is 12.0. The highest BCUT2D eigenvalue weighted by Gasteiger charge is 2.34. The first kappa shape index (κ1) is 25.8. The molecule has 1 amide bonds. The summed E-state index contributed by atoms with van der Waals surface area (Å²) in [5.41, 5.74) is -0.178. The van der Waals surface area contributed by atoms with Crippen molar-refractivity contribution in [3.8, 4) is 0 Å². The summed E-state index contributed by atoms with van der Waals surface area (Å²) in [5.74, 6) is 0.0968. The molecule has 0 aliphatic rings. The predicted molar refractivity (Wildman–Crippen MR) is 114 cm³/mol. The highest BCUT2D eigenvalue weighted by Crippen LogP contribution is 2.50. The van der Waals surface area contributed by atoms with Crippen LogP contribution < -0.4 is 5.32 Å². The summed E-state index contributed by atoms with van der Waals surface area (Å²) < 4.78 is 11.4. The number of nitrogens with zero attached hydrogens (tertiary/aromatic N) is 2.